The van der Waals surface area contributed by atoms with Gasteiger partial charge in [0.1, 0.15) is 0 Å². The Bertz CT molecular complexity index is 987. The van der Waals surface area contributed by atoms with Gasteiger partial charge in [0.05, 0.1) is 10.9 Å². The number of fused-ring (bicyclic) bond motifs is 3. The van der Waals surface area contributed by atoms with Crippen LogP contribution in [0.5, 0.6) is 0 Å². The van der Waals surface area contributed by atoms with Crippen molar-refractivity contribution in [2.24, 2.45) is 5.41 Å². The van der Waals surface area contributed by atoms with Gasteiger partial charge >= 0.3 is 5.97 Å². The molecule has 0 saturated heterocycles. The molecule has 0 radical (unpaired) electrons. The first-order valence-electron chi connectivity index (χ1n) is 8.45. The number of carboxylic acid groups (broad SMARTS) is 1. The third-order valence-electron chi connectivity index (χ3n) is 5.31. The van der Waals surface area contributed by atoms with Crippen LogP contribution in [0, 0.1) is 5.41 Å². The number of hydrogen-bond acceptors (Lipinski definition) is 2. The molecule has 1 aliphatic rings. The normalized spacial score (nSPS) is 19.6. The third-order valence-corrected chi connectivity index (χ3v) is 5.31. The lowest BCUT2D eigenvalue weighted by molar-refractivity contribution is -0.148. The summed E-state index contributed by atoms with van der Waals surface area (Å²) in [5.74, 6) is -0.832. The fraction of sp³-hybridized carbons (Fsp3) is 0.238. The first-order chi connectivity index (χ1) is 12.0. The third kappa shape index (κ3) is 2.37. The lowest BCUT2D eigenvalue weighted by Crippen LogP contribution is -2.34. The minimum absolute atomic E-state index is 0.0584. The molecule has 0 bridgehead atoms. The van der Waals surface area contributed by atoms with Gasteiger partial charge in [0, 0.05) is 16.6 Å². The van der Waals surface area contributed by atoms with E-state index in [2.05, 4.69) is 0 Å². The lowest BCUT2D eigenvalue weighted by atomic mass is 9.74. The van der Waals surface area contributed by atoms with Crippen molar-refractivity contribution in [1.29, 1.82) is 0 Å². The second kappa shape index (κ2) is 5.59. The van der Waals surface area contributed by atoms with Crippen LogP contribution >= 0.6 is 0 Å². The maximum Gasteiger partial charge on any atom is 0.309 e. The minimum atomic E-state index is -0.780. The fourth-order valence-electron chi connectivity index (χ4n) is 3.82. The van der Waals surface area contributed by atoms with Crippen molar-refractivity contribution in [3.8, 4) is 0 Å². The largest absolute Gasteiger partial charge is 0.481 e. The van der Waals surface area contributed by atoms with Crippen LogP contribution in [0.15, 0.2) is 54.6 Å². The Balaban J connectivity index is 1.93. The van der Waals surface area contributed by atoms with Crippen molar-refractivity contribution >= 4 is 22.8 Å². The number of benzene rings is 2. The van der Waals surface area contributed by atoms with Crippen LogP contribution in [0.25, 0.3) is 10.9 Å². The topological polar surface area (TPSA) is 59.3 Å². The average Bonchev–Trinajstić information content (AvgIpc) is 2.95. The van der Waals surface area contributed by atoms with Crippen molar-refractivity contribution in [3.63, 3.8) is 0 Å². The summed E-state index contributed by atoms with van der Waals surface area (Å²) in [6, 6.07) is 17.0. The molecule has 1 heterocycles. The summed E-state index contributed by atoms with van der Waals surface area (Å²) in [5.41, 5.74) is 2.66. The monoisotopic (exact) mass is 333 g/mol. The Morgan fingerprint density at radius 2 is 1.72 bits per heavy atom. The van der Waals surface area contributed by atoms with Crippen molar-refractivity contribution in [2.75, 3.05) is 0 Å². The van der Waals surface area contributed by atoms with E-state index in [1.165, 1.54) is 0 Å². The van der Waals surface area contributed by atoms with Gasteiger partial charge < -0.3 is 5.11 Å². The zero-order chi connectivity index (χ0) is 17.6. The first-order valence-corrected chi connectivity index (χ1v) is 8.45. The summed E-state index contributed by atoms with van der Waals surface area (Å²) < 4.78 is 1.78. The quantitative estimate of drug-likeness (QED) is 0.773. The smallest absolute Gasteiger partial charge is 0.309 e. The van der Waals surface area contributed by atoms with Gasteiger partial charge in [0.15, 0.2) is 0 Å². The molecule has 1 aliphatic carbocycles. The SMILES string of the molecule is CC1(C(=O)O)CCc2c(c3ccccc3n2C(=O)c2ccccc2)C1. The number of aliphatic carboxylic acids is 1. The zero-order valence-electron chi connectivity index (χ0n) is 14.0. The van der Waals surface area contributed by atoms with E-state index in [0.29, 0.717) is 24.8 Å². The molecule has 1 aromatic heterocycles. The van der Waals surface area contributed by atoms with Crippen LogP contribution in [-0.4, -0.2) is 21.6 Å². The van der Waals surface area contributed by atoms with E-state index >= 15 is 0 Å². The van der Waals surface area contributed by atoms with Gasteiger partial charge in [-0.1, -0.05) is 36.4 Å². The van der Waals surface area contributed by atoms with E-state index in [9.17, 15) is 14.7 Å². The van der Waals surface area contributed by atoms with Gasteiger partial charge in [0.25, 0.3) is 5.91 Å². The second-order valence-corrected chi connectivity index (χ2v) is 6.99. The van der Waals surface area contributed by atoms with Gasteiger partial charge in [-0.15, -0.1) is 0 Å². The van der Waals surface area contributed by atoms with E-state index in [1.807, 2.05) is 54.6 Å². The molecule has 1 unspecified atom stereocenters. The lowest BCUT2D eigenvalue weighted by Gasteiger charge is -2.30. The van der Waals surface area contributed by atoms with Gasteiger partial charge in [-0.25, -0.2) is 0 Å². The number of rotatable bonds is 2. The van der Waals surface area contributed by atoms with Crippen LogP contribution in [0.1, 0.15) is 35.0 Å². The fourth-order valence-corrected chi connectivity index (χ4v) is 3.82. The predicted molar refractivity (Wildman–Crippen MR) is 95.9 cm³/mol. The van der Waals surface area contributed by atoms with Crippen LogP contribution in [0.4, 0.5) is 0 Å². The highest BCUT2D eigenvalue weighted by Crippen LogP contribution is 2.40. The molecular formula is C21H19NO3. The zero-order valence-corrected chi connectivity index (χ0v) is 14.0. The molecule has 0 amide bonds. The van der Waals surface area contributed by atoms with E-state index < -0.39 is 11.4 Å². The molecule has 0 aliphatic heterocycles. The summed E-state index contributed by atoms with van der Waals surface area (Å²) in [5, 5.41) is 10.6. The Morgan fingerprint density at radius 1 is 1.04 bits per heavy atom. The number of carbonyl (C=O) groups is 2. The standard InChI is InChI=1S/C21H19NO3/c1-21(20(24)25)12-11-18-16(13-21)15-9-5-6-10-17(15)22(18)19(23)14-7-3-2-4-8-14/h2-10H,11-13H2,1H3,(H,24,25). The molecular weight excluding hydrogens is 314 g/mol. The highest BCUT2D eigenvalue weighted by atomic mass is 16.4. The first kappa shape index (κ1) is 15.6. The molecule has 25 heavy (non-hydrogen) atoms. The molecule has 4 rings (SSSR count). The Hall–Kier alpha value is -2.88. The van der Waals surface area contributed by atoms with Crippen molar-refractivity contribution in [1.82, 2.24) is 4.57 Å². The molecule has 0 saturated carbocycles. The molecule has 3 aromatic rings. The van der Waals surface area contributed by atoms with Gasteiger partial charge in [0.2, 0.25) is 0 Å². The van der Waals surface area contributed by atoms with E-state index in [1.54, 1.807) is 11.5 Å². The van der Waals surface area contributed by atoms with Crippen LogP contribution < -0.4 is 0 Å². The molecule has 1 atom stereocenters. The number of para-hydroxylation sites is 1. The predicted octanol–water partition coefficient (Wildman–Crippen LogP) is 3.91. The molecule has 1 N–H and O–H groups in total. The number of carboxylic acids is 1. The highest BCUT2D eigenvalue weighted by molar-refractivity contribution is 6.04. The van der Waals surface area contributed by atoms with Crippen molar-refractivity contribution in [2.45, 2.75) is 26.2 Å². The number of hydrogen-bond donors (Lipinski definition) is 1. The number of nitrogens with zero attached hydrogens (tertiary/aromatic N) is 1. The number of carbonyl (C=O) groups excluding carboxylic acids is 1. The van der Waals surface area contributed by atoms with E-state index in [-0.39, 0.29) is 5.91 Å². The molecule has 2 aromatic carbocycles. The second-order valence-electron chi connectivity index (χ2n) is 6.99. The Morgan fingerprint density at radius 3 is 2.44 bits per heavy atom. The summed E-state index contributed by atoms with van der Waals surface area (Å²) >= 11 is 0. The van der Waals surface area contributed by atoms with E-state index in [4.69, 9.17) is 0 Å². The minimum Gasteiger partial charge on any atom is -0.481 e. The van der Waals surface area contributed by atoms with Gasteiger partial charge in [-0.05, 0) is 49.9 Å². The molecule has 126 valence electrons. The van der Waals surface area contributed by atoms with E-state index in [0.717, 1.165) is 22.2 Å². The molecule has 4 nitrogen and oxygen atoms in total. The summed E-state index contributed by atoms with van der Waals surface area (Å²) in [6.07, 6.45) is 1.58. The number of aromatic nitrogens is 1. The highest BCUT2D eigenvalue weighted by Gasteiger charge is 2.39. The molecule has 0 spiro atoms. The van der Waals surface area contributed by atoms with Gasteiger partial charge in [-0.3, -0.25) is 14.2 Å². The average molecular weight is 333 g/mol. The van der Waals surface area contributed by atoms with Gasteiger partial charge in [-0.2, -0.15) is 0 Å². The summed E-state index contributed by atoms with van der Waals surface area (Å²) in [6.45, 7) is 1.80. The Kier molecular flexibility index (Phi) is 3.49. The van der Waals surface area contributed by atoms with Crippen LogP contribution in [0.3, 0.4) is 0 Å². The summed E-state index contributed by atoms with van der Waals surface area (Å²) in [7, 11) is 0. The molecule has 4 heteroatoms. The van der Waals surface area contributed by atoms with Crippen molar-refractivity contribution < 1.29 is 14.7 Å². The maximum absolute atomic E-state index is 13.1. The summed E-state index contributed by atoms with van der Waals surface area (Å²) in [4.78, 5) is 24.8. The van der Waals surface area contributed by atoms with Crippen molar-refractivity contribution in [3.05, 3.63) is 71.4 Å². The maximum atomic E-state index is 13.1. The Labute approximate surface area is 145 Å². The van der Waals surface area contributed by atoms with Crippen LogP contribution in [-0.2, 0) is 17.6 Å². The molecule has 0 fully saturated rings. The van der Waals surface area contributed by atoms with Crippen LogP contribution in [0.2, 0.25) is 0 Å².